The lowest BCUT2D eigenvalue weighted by molar-refractivity contribution is 0.0466. The van der Waals surface area contributed by atoms with Gasteiger partial charge in [0.1, 0.15) is 18.2 Å². The van der Waals surface area contributed by atoms with Crippen molar-refractivity contribution in [3.05, 3.63) is 65.2 Å². The van der Waals surface area contributed by atoms with Crippen molar-refractivity contribution in [2.75, 3.05) is 13.1 Å². The molecule has 0 unspecified atom stereocenters. The van der Waals surface area contributed by atoms with Crippen LogP contribution in [0.5, 0.6) is 0 Å². The van der Waals surface area contributed by atoms with Crippen LogP contribution in [0.25, 0.3) is 0 Å². The minimum Gasteiger partial charge on any atom is -0.457 e. The van der Waals surface area contributed by atoms with Gasteiger partial charge in [-0.2, -0.15) is 4.31 Å². The maximum Gasteiger partial charge on any atom is 0.341 e. The van der Waals surface area contributed by atoms with E-state index < -0.39 is 33.2 Å². The Hall–Kier alpha value is -2.32. The van der Waals surface area contributed by atoms with E-state index >= 15 is 0 Å². The topological polar surface area (TPSA) is 63.7 Å². The summed E-state index contributed by atoms with van der Waals surface area (Å²) >= 11 is 0. The van der Waals surface area contributed by atoms with Crippen molar-refractivity contribution in [1.82, 2.24) is 4.31 Å². The Labute approximate surface area is 151 Å². The molecule has 0 fully saturated rings. The zero-order valence-electron chi connectivity index (χ0n) is 14.4. The number of esters is 1. The summed E-state index contributed by atoms with van der Waals surface area (Å²) in [7, 11) is -3.84. The van der Waals surface area contributed by atoms with Gasteiger partial charge in [-0.25, -0.2) is 22.0 Å². The van der Waals surface area contributed by atoms with Gasteiger partial charge in [0.25, 0.3) is 0 Å². The molecular formula is C18H19F2NO4S. The van der Waals surface area contributed by atoms with E-state index in [0.29, 0.717) is 5.56 Å². The minimum atomic E-state index is -3.84. The van der Waals surface area contributed by atoms with Crippen molar-refractivity contribution in [2.45, 2.75) is 25.3 Å². The van der Waals surface area contributed by atoms with Crippen LogP contribution in [0.1, 0.15) is 29.8 Å². The van der Waals surface area contributed by atoms with Crippen LogP contribution in [0.15, 0.2) is 47.4 Å². The third kappa shape index (κ3) is 4.44. The smallest absolute Gasteiger partial charge is 0.341 e. The lowest BCUT2D eigenvalue weighted by Gasteiger charge is -2.18. The molecule has 140 valence electrons. The minimum absolute atomic E-state index is 0.194. The van der Waals surface area contributed by atoms with E-state index in [1.165, 1.54) is 22.5 Å². The standard InChI is InChI=1S/C18H19F2NO4S/c1-3-21(4-2)26(23,24)15-8-9-17(20)16(11-15)18(22)25-12-13-6-5-7-14(19)10-13/h5-11H,3-4,12H2,1-2H3. The van der Waals surface area contributed by atoms with Crippen LogP contribution in [0.4, 0.5) is 8.78 Å². The second-order valence-corrected chi connectivity index (χ2v) is 7.37. The van der Waals surface area contributed by atoms with E-state index in [1.807, 2.05) is 0 Å². The van der Waals surface area contributed by atoms with Gasteiger partial charge < -0.3 is 4.74 Å². The normalized spacial score (nSPS) is 11.6. The Kier molecular flexibility index (Phi) is 6.44. The van der Waals surface area contributed by atoms with Crippen molar-refractivity contribution in [2.24, 2.45) is 0 Å². The lowest BCUT2D eigenvalue weighted by atomic mass is 10.2. The first-order valence-corrected chi connectivity index (χ1v) is 9.44. The van der Waals surface area contributed by atoms with E-state index in [4.69, 9.17) is 4.74 Å². The Morgan fingerprint density at radius 1 is 1.08 bits per heavy atom. The molecule has 0 saturated carbocycles. The summed E-state index contributed by atoms with van der Waals surface area (Å²) in [5.41, 5.74) is -0.0969. The molecule has 0 saturated heterocycles. The molecule has 0 spiro atoms. The van der Waals surface area contributed by atoms with Gasteiger partial charge >= 0.3 is 5.97 Å². The first-order valence-electron chi connectivity index (χ1n) is 8.00. The van der Waals surface area contributed by atoms with Crippen LogP contribution in [0, 0.1) is 11.6 Å². The third-order valence-electron chi connectivity index (χ3n) is 3.76. The molecule has 26 heavy (non-hydrogen) atoms. The molecule has 0 heterocycles. The summed E-state index contributed by atoms with van der Waals surface area (Å²) < 4.78 is 58.3. The molecule has 0 amide bonds. The quantitative estimate of drug-likeness (QED) is 0.688. The Balaban J connectivity index is 2.25. The number of rotatable bonds is 7. The van der Waals surface area contributed by atoms with E-state index in [1.54, 1.807) is 19.9 Å². The summed E-state index contributed by atoms with van der Waals surface area (Å²) in [5.74, 6) is -2.41. The van der Waals surface area contributed by atoms with Gasteiger partial charge in [-0.3, -0.25) is 0 Å². The summed E-state index contributed by atoms with van der Waals surface area (Å²) in [6.45, 7) is 3.59. The third-order valence-corrected chi connectivity index (χ3v) is 5.81. The van der Waals surface area contributed by atoms with Crippen LogP contribution in [-0.2, 0) is 21.4 Å². The zero-order chi connectivity index (χ0) is 19.3. The number of hydrogen-bond donors (Lipinski definition) is 0. The van der Waals surface area contributed by atoms with Crippen molar-refractivity contribution in [3.63, 3.8) is 0 Å². The van der Waals surface area contributed by atoms with Gasteiger partial charge in [-0.05, 0) is 35.9 Å². The van der Waals surface area contributed by atoms with Gasteiger partial charge in [0, 0.05) is 13.1 Å². The fourth-order valence-corrected chi connectivity index (χ4v) is 3.87. The zero-order valence-corrected chi connectivity index (χ0v) is 15.2. The SMILES string of the molecule is CCN(CC)S(=O)(=O)c1ccc(F)c(C(=O)OCc2cccc(F)c2)c1. The Morgan fingerprint density at radius 2 is 1.77 bits per heavy atom. The lowest BCUT2D eigenvalue weighted by Crippen LogP contribution is -2.30. The highest BCUT2D eigenvalue weighted by Crippen LogP contribution is 2.20. The molecule has 0 radical (unpaired) electrons. The molecule has 8 heteroatoms. The van der Waals surface area contributed by atoms with Gasteiger partial charge in [0.15, 0.2) is 0 Å². The van der Waals surface area contributed by atoms with Gasteiger partial charge in [0.05, 0.1) is 10.5 Å². The highest BCUT2D eigenvalue weighted by Gasteiger charge is 2.24. The summed E-state index contributed by atoms with van der Waals surface area (Å²) in [6, 6.07) is 8.40. The van der Waals surface area contributed by atoms with Crippen molar-refractivity contribution in [3.8, 4) is 0 Å². The molecular weight excluding hydrogens is 364 g/mol. The van der Waals surface area contributed by atoms with E-state index in [-0.39, 0.29) is 24.6 Å². The highest BCUT2D eigenvalue weighted by atomic mass is 32.2. The number of ether oxygens (including phenoxy) is 1. The first-order chi connectivity index (χ1) is 12.3. The Morgan fingerprint density at radius 3 is 2.38 bits per heavy atom. The van der Waals surface area contributed by atoms with Crippen molar-refractivity contribution in [1.29, 1.82) is 0 Å². The molecule has 5 nitrogen and oxygen atoms in total. The number of hydrogen-bond acceptors (Lipinski definition) is 4. The number of halogens is 2. The Bertz CT molecular complexity index is 896. The number of sulfonamides is 1. The van der Waals surface area contributed by atoms with Crippen LogP contribution in [-0.4, -0.2) is 31.8 Å². The number of carbonyl (C=O) groups excluding carboxylic acids is 1. The molecule has 0 aliphatic carbocycles. The summed E-state index contributed by atoms with van der Waals surface area (Å²) in [5, 5.41) is 0. The molecule has 0 aromatic heterocycles. The number of nitrogens with zero attached hydrogens (tertiary/aromatic N) is 1. The maximum atomic E-state index is 14.0. The fraction of sp³-hybridized carbons (Fsp3) is 0.278. The van der Waals surface area contributed by atoms with Crippen LogP contribution in [0.2, 0.25) is 0 Å². The predicted molar refractivity (Wildman–Crippen MR) is 92.0 cm³/mol. The van der Waals surface area contributed by atoms with Crippen LogP contribution in [0.3, 0.4) is 0 Å². The predicted octanol–water partition coefficient (Wildman–Crippen LogP) is 3.35. The first kappa shape index (κ1) is 20.0. The largest absolute Gasteiger partial charge is 0.457 e. The molecule has 0 N–H and O–H groups in total. The maximum absolute atomic E-state index is 14.0. The second-order valence-electron chi connectivity index (χ2n) is 5.44. The van der Waals surface area contributed by atoms with Crippen LogP contribution >= 0.6 is 0 Å². The van der Waals surface area contributed by atoms with E-state index in [9.17, 15) is 22.0 Å². The van der Waals surface area contributed by atoms with Crippen LogP contribution < -0.4 is 0 Å². The van der Waals surface area contributed by atoms with E-state index in [2.05, 4.69) is 0 Å². The highest BCUT2D eigenvalue weighted by molar-refractivity contribution is 7.89. The fourth-order valence-electron chi connectivity index (χ4n) is 2.39. The monoisotopic (exact) mass is 383 g/mol. The molecule has 0 aliphatic heterocycles. The summed E-state index contributed by atoms with van der Waals surface area (Å²) in [6.07, 6.45) is 0. The molecule has 2 aromatic rings. The molecule has 0 bridgehead atoms. The van der Waals surface area contributed by atoms with Gasteiger partial charge in [0.2, 0.25) is 10.0 Å². The van der Waals surface area contributed by atoms with Crippen molar-refractivity contribution >= 4 is 16.0 Å². The molecule has 2 aromatic carbocycles. The molecule has 2 rings (SSSR count). The number of benzene rings is 2. The average molecular weight is 383 g/mol. The van der Waals surface area contributed by atoms with E-state index in [0.717, 1.165) is 18.2 Å². The van der Waals surface area contributed by atoms with Gasteiger partial charge in [-0.1, -0.05) is 26.0 Å². The van der Waals surface area contributed by atoms with Crippen molar-refractivity contribution < 1.29 is 26.7 Å². The second kappa shape index (κ2) is 8.37. The van der Waals surface area contributed by atoms with Gasteiger partial charge in [-0.15, -0.1) is 0 Å². The molecule has 0 aliphatic rings. The molecule has 0 atom stereocenters. The average Bonchev–Trinajstić information content (AvgIpc) is 2.60. The number of carbonyl (C=O) groups is 1. The summed E-state index contributed by atoms with van der Waals surface area (Å²) in [4.78, 5) is 12.0.